The highest BCUT2D eigenvalue weighted by atomic mass is 16.3. The fourth-order valence-corrected chi connectivity index (χ4v) is 2.97. The maximum atomic E-state index is 10.1. The summed E-state index contributed by atoms with van der Waals surface area (Å²) in [6.45, 7) is 9.44. The second kappa shape index (κ2) is 6.01. The molecule has 2 aromatic rings. The van der Waals surface area contributed by atoms with Crippen LogP contribution in [0.3, 0.4) is 0 Å². The molecule has 0 atom stereocenters. The lowest BCUT2D eigenvalue weighted by Crippen LogP contribution is -2.02. The van der Waals surface area contributed by atoms with Crippen molar-refractivity contribution in [2.45, 2.75) is 47.6 Å². The number of rotatable bonds is 3. The van der Waals surface area contributed by atoms with E-state index in [9.17, 15) is 15.3 Å². The van der Waals surface area contributed by atoms with Crippen molar-refractivity contribution in [2.24, 2.45) is 0 Å². The van der Waals surface area contributed by atoms with Gasteiger partial charge < -0.3 is 15.3 Å². The average molecular weight is 300 g/mol. The van der Waals surface area contributed by atoms with Crippen molar-refractivity contribution in [3.8, 4) is 11.5 Å². The molecule has 0 aliphatic rings. The fraction of sp³-hybridized carbons (Fsp3) is 0.368. The third-order valence-electron chi connectivity index (χ3n) is 4.69. The summed E-state index contributed by atoms with van der Waals surface area (Å²) in [6.07, 6.45) is 0.716. The molecule has 22 heavy (non-hydrogen) atoms. The molecule has 0 aromatic heterocycles. The zero-order valence-electron chi connectivity index (χ0n) is 13.9. The number of hydrogen-bond acceptors (Lipinski definition) is 3. The Hall–Kier alpha value is -2.00. The average Bonchev–Trinajstić information content (AvgIpc) is 2.48. The van der Waals surface area contributed by atoms with Crippen molar-refractivity contribution < 1.29 is 15.3 Å². The van der Waals surface area contributed by atoms with E-state index in [1.165, 1.54) is 0 Å². The van der Waals surface area contributed by atoms with E-state index in [1.807, 2.05) is 46.8 Å². The normalized spacial score (nSPS) is 11.0. The Morgan fingerprint density at radius 1 is 0.727 bits per heavy atom. The van der Waals surface area contributed by atoms with Crippen LogP contribution in [0.25, 0.3) is 0 Å². The van der Waals surface area contributed by atoms with E-state index < -0.39 is 0 Å². The lowest BCUT2D eigenvalue weighted by molar-refractivity contribution is 0.274. The fourth-order valence-electron chi connectivity index (χ4n) is 2.97. The topological polar surface area (TPSA) is 60.7 Å². The van der Waals surface area contributed by atoms with Gasteiger partial charge in [0.2, 0.25) is 0 Å². The Morgan fingerprint density at radius 3 is 1.77 bits per heavy atom. The zero-order chi connectivity index (χ0) is 16.6. The van der Waals surface area contributed by atoms with Crippen LogP contribution in [0.1, 0.15) is 44.5 Å². The molecule has 0 saturated heterocycles. The number of phenols is 2. The van der Waals surface area contributed by atoms with Crippen LogP contribution in [0.2, 0.25) is 0 Å². The van der Waals surface area contributed by atoms with Gasteiger partial charge in [-0.1, -0.05) is 12.1 Å². The molecule has 3 nitrogen and oxygen atoms in total. The van der Waals surface area contributed by atoms with Crippen LogP contribution in [0.4, 0.5) is 0 Å². The van der Waals surface area contributed by atoms with Crippen LogP contribution in [-0.2, 0) is 13.0 Å². The lowest BCUT2D eigenvalue weighted by Gasteiger charge is -2.17. The molecule has 0 spiro atoms. The third kappa shape index (κ3) is 2.69. The summed E-state index contributed by atoms with van der Waals surface area (Å²) in [7, 11) is 0. The summed E-state index contributed by atoms with van der Waals surface area (Å²) < 4.78 is 0. The first-order chi connectivity index (χ1) is 10.3. The second-order valence-electron chi connectivity index (χ2n) is 6.09. The molecule has 0 bridgehead atoms. The summed E-state index contributed by atoms with van der Waals surface area (Å²) >= 11 is 0. The summed E-state index contributed by atoms with van der Waals surface area (Å²) in [5.74, 6) is 0.537. The molecule has 0 amide bonds. The van der Waals surface area contributed by atoms with Gasteiger partial charge in [0.05, 0.1) is 6.61 Å². The van der Waals surface area contributed by atoms with Crippen LogP contribution in [-0.4, -0.2) is 15.3 Å². The van der Waals surface area contributed by atoms with E-state index in [2.05, 4.69) is 0 Å². The SMILES string of the molecule is Cc1cc(Cc2cc(C)c(O)c(CO)c2C)c(C)c(C)c1O. The Bertz CT molecular complexity index is 730. The number of aliphatic hydroxyl groups is 1. The van der Waals surface area contributed by atoms with E-state index in [4.69, 9.17) is 0 Å². The molecule has 0 heterocycles. The Balaban J connectivity index is 2.55. The Labute approximate surface area is 131 Å². The molecule has 0 unspecified atom stereocenters. The van der Waals surface area contributed by atoms with Gasteiger partial charge >= 0.3 is 0 Å². The van der Waals surface area contributed by atoms with E-state index in [0.717, 1.165) is 38.9 Å². The molecule has 0 aliphatic carbocycles. The monoisotopic (exact) mass is 300 g/mol. The van der Waals surface area contributed by atoms with Gasteiger partial charge in [-0.25, -0.2) is 0 Å². The minimum absolute atomic E-state index is 0.168. The number of hydrogen-bond donors (Lipinski definition) is 3. The van der Waals surface area contributed by atoms with Crippen LogP contribution in [0.15, 0.2) is 12.1 Å². The largest absolute Gasteiger partial charge is 0.507 e. The first kappa shape index (κ1) is 16.4. The van der Waals surface area contributed by atoms with Gasteiger partial charge in [0, 0.05) is 5.56 Å². The number of phenolic OH excluding ortho intramolecular Hbond substituents is 1. The summed E-state index contributed by atoms with van der Waals surface area (Å²) in [6, 6.07) is 3.98. The molecule has 3 heteroatoms. The minimum Gasteiger partial charge on any atom is -0.507 e. The van der Waals surface area contributed by atoms with Crippen LogP contribution < -0.4 is 0 Å². The highest BCUT2D eigenvalue weighted by Gasteiger charge is 2.15. The predicted molar refractivity (Wildman–Crippen MR) is 88.6 cm³/mol. The molecule has 0 aliphatic heterocycles. The van der Waals surface area contributed by atoms with Gasteiger partial charge in [-0.2, -0.15) is 0 Å². The van der Waals surface area contributed by atoms with E-state index in [0.29, 0.717) is 17.7 Å². The van der Waals surface area contributed by atoms with Crippen molar-refractivity contribution in [3.05, 3.63) is 56.6 Å². The molecule has 3 N–H and O–H groups in total. The Morgan fingerprint density at radius 2 is 1.23 bits per heavy atom. The molecular weight excluding hydrogens is 276 g/mol. The molecular formula is C19H24O3. The number of aryl methyl sites for hydroxylation is 2. The maximum Gasteiger partial charge on any atom is 0.124 e. The third-order valence-corrected chi connectivity index (χ3v) is 4.69. The molecule has 2 aromatic carbocycles. The van der Waals surface area contributed by atoms with E-state index in [-0.39, 0.29) is 12.4 Å². The molecule has 0 saturated carbocycles. The second-order valence-corrected chi connectivity index (χ2v) is 6.09. The Kier molecular flexibility index (Phi) is 4.47. The molecule has 0 fully saturated rings. The summed E-state index contributed by atoms with van der Waals surface area (Å²) in [5, 5.41) is 29.6. The number of aromatic hydroxyl groups is 2. The summed E-state index contributed by atoms with van der Waals surface area (Å²) in [5.41, 5.74) is 7.40. The van der Waals surface area contributed by atoms with Gasteiger partial charge in [-0.3, -0.25) is 0 Å². The van der Waals surface area contributed by atoms with Crippen molar-refractivity contribution in [2.75, 3.05) is 0 Å². The van der Waals surface area contributed by atoms with Gasteiger partial charge in [0.1, 0.15) is 11.5 Å². The van der Waals surface area contributed by atoms with Gasteiger partial charge in [-0.05, 0) is 80.0 Å². The van der Waals surface area contributed by atoms with Crippen LogP contribution >= 0.6 is 0 Å². The van der Waals surface area contributed by atoms with E-state index in [1.54, 1.807) is 0 Å². The standard InChI is InChI=1S/C19H24O3/c1-10-6-15(12(3)13(4)18(10)21)8-16-7-11(2)19(22)17(9-20)14(16)5/h6-7,20-22H,8-9H2,1-5H3. The highest BCUT2D eigenvalue weighted by molar-refractivity contribution is 5.53. The number of benzene rings is 2. The predicted octanol–water partition coefficient (Wildman–Crippen LogP) is 3.72. The lowest BCUT2D eigenvalue weighted by atomic mass is 9.90. The maximum absolute atomic E-state index is 10.1. The summed E-state index contributed by atoms with van der Waals surface area (Å²) in [4.78, 5) is 0. The number of aliphatic hydroxyl groups excluding tert-OH is 1. The molecule has 2 rings (SSSR count). The smallest absolute Gasteiger partial charge is 0.124 e. The first-order valence-corrected chi connectivity index (χ1v) is 7.48. The van der Waals surface area contributed by atoms with E-state index >= 15 is 0 Å². The van der Waals surface area contributed by atoms with Crippen molar-refractivity contribution in [3.63, 3.8) is 0 Å². The first-order valence-electron chi connectivity index (χ1n) is 7.48. The highest BCUT2D eigenvalue weighted by Crippen LogP contribution is 2.32. The molecule has 118 valence electrons. The molecule has 0 radical (unpaired) electrons. The van der Waals surface area contributed by atoms with Crippen molar-refractivity contribution in [1.29, 1.82) is 0 Å². The van der Waals surface area contributed by atoms with Gasteiger partial charge in [0.25, 0.3) is 0 Å². The van der Waals surface area contributed by atoms with Gasteiger partial charge in [0.15, 0.2) is 0 Å². The van der Waals surface area contributed by atoms with Crippen molar-refractivity contribution in [1.82, 2.24) is 0 Å². The minimum atomic E-state index is -0.168. The van der Waals surface area contributed by atoms with Gasteiger partial charge in [-0.15, -0.1) is 0 Å². The quantitative estimate of drug-likeness (QED) is 0.809. The van der Waals surface area contributed by atoms with Crippen molar-refractivity contribution >= 4 is 0 Å². The van der Waals surface area contributed by atoms with Crippen LogP contribution in [0.5, 0.6) is 11.5 Å². The van der Waals surface area contributed by atoms with Crippen LogP contribution in [0, 0.1) is 34.6 Å². The zero-order valence-corrected chi connectivity index (χ0v) is 13.9.